The van der Waals surface area contributed by atoms with Gasteiger partial charge in [-0.2, -0.15) is 4.68 Å². The van der Waals surface area contributed by atoms with Crippen LogP contribution in [0, 0.1) is 0 Å². The van der Waals surface area contributed by atoms with Gasteiger partial charge in [0.1, 0.15) is 5.52 Å². The average molecular weight is 369 g/mol. The summed E-state index contributed by atoms with van der Waals surface area (Å²) in [6.07, 6.45) is 3.04. The second-order valence-electron chi connectivity index (χ2n) is 6.63. The van der Waals surface area contributed by atoms with Crippen molar-refractivity contribution in [1.82, 2.24) is 15.0 Å². The molecule has 0 radical (unpaired) electrons. The van der Waals surface area contributed by atoms with Gasteiger partial charge in [-0.3, -0.25) is 0 Å². The molecule has 0 aliphatic heterocycles. The molecular weight excluding hydrogens is 346 g/mol. The molecule has 0 aliphatic rings. The van der Waals surface area contributed by atoms with E-state index in [-0.39, 0.29) is 5.92 Å². The molecule has 0 spiro atoms. The van der Waals surface area contributed by atoms with Gasteiger partial charge in [-0.1, -0.05) is 78.0 Å². The largest absolute Gasteiger partial charge is 0.478 e. The maximum Gasteiger partial charge on any atom is 0.212 e. The molecule has 1 aromatic heterocycles. The fourth-order valence-corrected chi connectivity index (χ4v) is 3.37. The molecule has 0 saturated carbocycles. The van der Waals surface area contributed by atoms with Crippen LogP contribution >= 0.6 is 0 Å². The van der Waals surface area contributed by atoms with Crippen molar-refractivity contribution in [2.75, 3.05) is 6.61 Å². The van der Waals surface area contributed by atoms with Crippen LogP contribution in [-0.2, 0) is 11.2 Å². The summed E-state index contributed by atoms with van der Waals surface area (Å²) in [5.41, 5.74) is 4.32. The van der Waals surface area contributed by atoms with Crippen LogP contribution in [0.3, 0.4) is 0 Å². The molecule has 0 N–H and O–H groups in total. The number of allylic oxidation sites excluding steroid dienone is 1. The van der Waals surface area contributed by atoms with Crippen molar-refractivity contribution >= 4 is 16.9 Å². The van der Waals surface area contributed by atoms with Gasteiger partial charge in [0.05, 0.1) is 12.1 Å². The maximum absolute atomic E-state index is 6.01. The minimum absolute atomic E-state index is 0.160. The highest BCUT2D eigenvalue weighted by Gasteiger charge is 2.15. The summed E-state index contributed by atoms with van der Waals surface area (Å²) in [7, 11) is 0. The highest BCUT2D eigenvalue weighted by molar-refractivity contribution is 5.76. The van der Waals surface area contributed by atoms with Gasteiger partial charge in [-0.25, -0.2) is 0 Å². The molecule has 28 heavy (non-hydrogen) atoms. The van der Waals surface area contributed by atoms with Crippen molar-refractivity contribution in [1.29, 1.82) is 0 Å². The number of fused-ring (bicyclic) bond motifs is 1. The first-order chi connectivity index (χ1) is 13.8. The molecule has 4 nitrogen and oxygen atoms in total. The molecule has 1 unspecified atom stereocenters. The van der Waals surface area contributed by atoms with E-state index in [0.29, 0.717) is 12.5 Å². The molecule has 0 fully saturated rings. The van der Waals surface area contributed by atoms with Crippen LogP contribution in [0.25, 0.3) is 16.9 Å². The molecule has 0 saturated heterocycles. The number of aromatic nitrogens is 3. The topological polar surface area (TPSA) is 39.9 Å². The molecule has 1 heterocycles. The molecule has 0 amide bonds. The molecule has 1 atom stereocenters. The Kier molecular flexibility index (Phi) is 5.48. The SMILES string of the molecule is CCO/C(=C/C(Cc1ccccc1)c1ccccc1)n1nnc2ccccc21. The lowest BCUT2D eigenvalue weighted by Crippen LogP contribution is -2.08. The van der Waals surface area contributed by atoms with E-state index in [9.17, 15) is 0 Å². The summed E-state index contributed by atoms with van der Waals surface area (Å²) in [6.45, 7) is 2.55. The Hall–Kier alpha value is -3.40. The number of benzene rings is 3. The number of hydrogen-bond donors (Lipinski definition) is 0. The number of ether oxygens (including phenoxy) is 1. The Labute approximate surface area is 165 Å². The van der Waals surface area contributed by atoms with Crippen molar-refractivity contribution in [3.05, 3.63) is 102 Å². The van der Waals surface area contributed by atoms with Gasteiger partial charge in [-0.15, -0.1) is 5.10 Å². The van der Waals surface area contributed by atoms with Gasteiger partial charge in [0, 0.05) is 5.92 Å². The quantitative estimate of drug-likeness (QED) is 0.415. The lowest BCUT2D eigenvalue weighted by molar-refractivity contribution is 0.271. The van der Waals surface area contributed by atoms with Gasteiger partial charge in [0.25, 0.3) is 0 Å². The van der Waals surface area contributed by atoms with Crippen LogP contribution in [0.5, 0.6) is 0 Å². The first-order valence-electron chi connectivity index (χ1n) is 9.59. The van der Waals surface area contributed by atoms with E-state index in [1.165, 1.54) is 11.1 Å². The zero-order valence-electron chi connectivity index (χ0n) is 15.9. The summed E-state index contributed by atoms with van der Waals surface area (Å²) < 4.78 is 7.80. The van der Waals surface area contributed by atoms with Gasteiger partial charge >= 0.3 is 0 Å². The van der Waals surface area contributed by atoms with Crippen LogP contribution in [0.1, 0.15) is 24.0 Å². The molecule has 0 aliphatic carbocycles. The molecule has 140 valence electrons. The third-order valence-corrected chi connectivity index (χ3v) is 4.72. The van der Waals surface area contributed by atoms with Crippen molar-refractivity contribution in [2.45, 2.75) is 19.3 Å². The van der Waals surface area contributed by atoms with E-state index in [0.717, 1.165) is 17.5 Å². The monoisotopic (exact) mass is 369 g/mol. The summed E-state index contributed by atoms with van der Waals surface area (Å²) in [5, 5.41) is 8.62. The minimum Gasteiger partial charge on any atom is -0.478 e. The Morgan fingerprint density at radius 3 is 2.36 bits per heavy atom. The number of hydrogen-bond acceptors (Lipinski definition) is 3. The van der Waals surface area contributed by atoms with E-state index in [2.05, 4.69) is 64.9 Å². The average Bonchev–Trinajstić information content (AvgIpc) is 3.18. The second-order valence-corrected chi connectivity index (χ2v) is 6.63. The third kappa shape index (κ3) is 3.96. The number of para-hydroxylation sites is 1. The van der Waals surface area contributed by atoms with Gasteiger partial charge < -0.3 is 4.74 Å². The molecule has 4 rings (SSSR count). The Morgan fingerprint density at radius 2 is 1.61 bits per heavy atom. The first kappa shape index (κ1) is 18.0. The lowest BCUT2D eigenvalue weighted by atomic mass is 9.92. The fourth-order valence-electron chi connectivity index (χ4n) is 3.37. The maximum atomic E-state index is 6.01. The zero-order chi connectivity index (χ0) is 19.2. The molecule has 4 heteroatoms. The smallest absolute Gasteiger partial charge is 0.212 e. The fraction of sp³-hybridized carbons (Fsp3) is 0.167. The van der Waals surface area contributed by atoms with Crippen LogP contribution in [0.15, 0.2) is 91.0 Å². The highest BCUT2D eigenvalue weighted by Crippen LogP contribution is 2.26. The first-order valence-corrected chi connectivity index (χ1v) is 9.59. The molecule has 0 bridgehead atoms. The van der Waals surface area contributed by atoms with Crippen LogP contribution < -0.4 is 0 Å². The van der Waals surface area contributed by atoms with Crippen LogP contribution in [0.2, 0.25) is 0 Å². The third-order valence-electron chi connectivity index (χ3n) is 4.72. The van der Waals surface area contributed by atoms with Crippen LogP contribution in [-0.4, -0.2) is 21.6 Å². The van der Waals surface area contributed by atoms with Crippen molar-refractivity contribution in [3.63, 3.8) is 0 Å². The summed E-state index contributed by atoms with van der Waals surface area (Å²) in [6, 6.07) is 29.0. The van der Waals surface area contributed by atoms with Gasteiger partial charge in [0.2, 0.25) is 5.88 Å². The van der Waals surface area contributed by atoms with E-state index in [1.807, 2.05) is 43.3 Å². The van der Waals surface area contributed by atoms with E-state index >= 15 is 0 Å². The summed E-state index contributed by atoms with van der Waals surface area (Å²) in [4.78, 5) is 0. The van der Waals surface area contributed by atoms with Gasteiger partial charge in [-0.05, 0) is 42.7 Å². The summed E-state index contributed by atoms with van der Waals surface area (Å²) >= 11 is 0. The second kappa shape index (κ2) is 8.53. The number of nitrogens with zero attached hydrogens (tertiary/aromatic N) is 3. The zero-order valence-corrected chi connectivity index (χ0v) is 15.9. The van der Waals surface area contributed by atoms with Crippen molar-refractivity contribution in [3.8, 4) is 0 Å². The lowest BCUT2D eigenvalue weighted by Gasteiger charge is -2.17. The minimum atomic E-state index is 0.160. The predicted octanol–water partition coefficient (Wildman–Crippen LogP) is 5.29. The molecule has 3 aromatic carbocycles. The predicted molar refractivity (Wildman–Crippen MR) is 113 cm³/mol. The van der Waals surface area contributed by atoms with Gasteiger partial charge in [0.15, 0.2) is 0 Å². The van der Waals surface area contributed by atoms with E-state index < -0.39 is 0 Å². The number of rotatable bonds is 7. The van der Waals surface area contributed by atoms with E-state index in [1.54, 1.807) is 4.68 Å². The highest BCUT2D eigenvalue weighted by atomic mass is 16.5. The summed E-state index contributed by atoms with van der Waals surface area (Å²) in [5.74, 6) is 0.870. The standard InChI is InChI=1S/C24H23N3O/c1-2-28-24(27-23-16-10-9-15-22(23)25-26-27)18-21(20-13-7-4-8-14-20)17-19-11-5-3-6-12-19/h3-16,18,21H,2,17H2,1H3/b24-18+. The van der Waals surface area contributed by atoms with Crippen LogP contribution in [0.4, 0.5) is 0 Å². The Bertz CT molecular complexity index is 1050. The molecule has 4 aromatic rings. The van der Waals surface area contributed by atoms with Crippen molar-refractivity contribution < 1.29 is 4.74 Å². The molecular formula is C24H23N3O. The van der Waals surface area contributed by atoms with E-state index in [4.69, 9.17) is 4.74 Å². The van der Waals surface area contributed by atoms with Crippen molar-refractivity contribution in [2.24, 2.45) is 0 Å². The normalized spacial score (nSPS) is 12.8. The Morgan fingerprint density at radius 1 is 0.929 bits per heavy atom. The Balaban J connectivity index is 1.77.